The summed E-state index contributed by atoms with van der Waals surface area (Å²) in [5.74, 6) is 0.209. The number of carbonyl (C=O) groups excluding carboxylic acids is 1. The maximum Gasteiger partial charge on any atom is 0.245 e. The van der Waals surface area contributed by atoms with Crippen LogP contribution in [0, 0.1) is 0 Å². The Hall–Kier alpha value is -2.40. The molecule has 1 fully saturated rings. The molecule has 10 heteroatoms. The van der Waals surface area contributed by atoms with E-state index in [-0.39, 0.29) is 16.8 Å². The molecule has 1 unspecified atom stereocenters. The van der Waals surface area contributed by atoms with Crippen LogP contribution in [0.3, 0.4) is 0 Å². The van der Waals surface area contributed by atoms with E-state index >= 15 is 0 Å². The third-order valence-electron chi connectivity index (χ3n) is 5.91. The summed E-state index contributed by atoms with van der Waals surface area (Å²) in [5, 5.41) is 3.05. The quantitative estimate of drug-likeness (QED) is 0.591. The number of fused-ring (bicyclic) bond motifs is 1. The fraction of sp³-hybridized carbons (Fsp3) is 0.409. The highest BCUT2D eigenvalue weighted by Gasteiger charge is 2.33. The molecule has 8 nitrogen and oxygen atoms in total. The minimum absolute atomic E-state index is 0.0901. The van der Waals surface area contributed by atoms with Crippen LogP contribution in [0.1, 0.15) is 32.3 Å². The van der Waals surface area contributed by atoms with Crippen LogP contribution in [-0.2, 0) is 14.8 Å². The fourth-order valence-corrected chi connectivity index (χ4v) is 6.15. The van der Waals surface area contributed by atoms with Crippen molar-refractivity contribution >= 4 is 44.4 Å². The lowest BCUT2D eigenvalue weighted by Gasteiger charge is -2.36. The molecule has 0 aliphatic carbocycles. The van der Waals surface area contributed by atoms with Crippen LogP contribution >= 0.6 is 11.7 Å². The number of amides is 1. The number of rotatable bonds is 6. The van der Waals surface area contributed by atoms with Crippen LogP contribution in [-0.4, -0.2) is 64.5 Å². The van der Waals surface area contributed by atoms with E-state index < -0.39 is 10.0 Å². The number of anilines is 1. The summed E-state index contributed by atoms with van der Waals surface area (Å²) in [6, 6.07) is 12.5. The topological polar surface area (TPSA) is 95.5 Å². The number of nitrogens with zero attached hydrogens (tertiary/aromatic N) is 4. The van der Waals surface area contributed by atoms with Gasteiger partial charge in [-0.05, 0) is 36.6 Å². The van der Waals surface area contributed by atoms with Crippen LogP contribution in [0.25, 0.3) is 11.0 Å². The number of hydrogen-bond acceptors (Lipinski definition) is 7. The lowest BCUT2D eigenvalue weighted by atomic mass is 10.0. The molecule has 2 aromatic carbocycles. The summed E-state index contributed by atoms with van der Waals surface area (Å²) in [4.78, 5) is 15.1. The van der Waals surface area contributed by atoms with Crippen molar-refractivity contribution in [3.8, 4) is 0 Å². The van der Waals surface area contributed by atoms with Crippen molar-refractivity contribution in [2.45, 2.75) is 37.6 Å². The van der Waals surface area contributed by atoms with Crippen molar-refractivity contribution < 1.29 is 13.2 Å². The number of piperazine rings is 1. The van der Waals surface area contributed by atoms with Crippen molar-refractivity contribution in [2.75, 3.05) is 31.5 Å². The molecule has 1 atom stereocenters. The highest BCUT2D eigenvalue weighted by atomic mass is 32.2. The molecular weight excluding hydrogens is 446 g/mol. The van der Waals surface area contributed by atoms with Crippen LogP contribution in [0.15, 0.2) is 47.4 Å². The number of para-hydroxylation sites is 1. The van der Waals surface area contributed by atoms with E-state index in [9.17, 15) is 13.2 Å². The zero-order valence-electron chi connectivity index (χ0n) is 18.4. The molecule has 170 valence electrons. The second kappa shape index (κ2) is 9.22. The summed E-state index contributed by atoms with van der Waals surface area (Å²) >= 11 is 1.00. The summed E-state index contributed by atoms with van der Waals surface area (Å²) in [7, 11) is -3.68. The van der Waals surface area contributed by atoms with Crippen LogP contribution in [0.2, 0.25) is 0 Å². The Morgan fingerprint density at radius 1 is 1.00 bits per heavy atom. The smallest absolute Gasteiger partial charge is 0.245 e. The molecule has 0 saturated carbocycles. The van der Waals surface area contributed by atoms with E-state index in [1.165, 1.54) is 4.31 Å². The third kappa shape index (κ3) is 4.40. The zero-order valence-corrected chi connectivity index (χ0v) is 20.0. The van der Waals surface area contributed by atoms with Crippen molar-refractivity contribution in [3.63, 3.8) is 0 Å². The first kappa shape index (κ1) is 22.8. The van der Waals surface area contributed by atoms with Gasteiger partial charge in [0.05, 0.1) is 17.8 Å². The average Bonchev–Trinajstić information content (AvgIpc) is 3.27. The van der Waals surface area contributed by atoms with E-state index in [1.807, 2.05) is 36.1 Å². The molecule has 3 aromatic rings. The predicted octanol–water partition coefficient (Wildman–Crippen LogP) is 3.15. The highest BCUT2D eigenvalue weighted by molar-refractivity contribution is 7.89. The Kier molecular flexibility index (Phi) is 6.57. The summed E-state index contributed by atoms with van der Waals surface area (Å²) in [6.45, 7) is 7.63. The first-order chi connectivity index (χ1) is 15.3. The molecule has 1 aromatic heterocycles. The maximum absolute atomic E-state index is 13.2. The molecular formula is C22H27N5O3S2. The van der Waals surface area contributed by atoms with Crippen molar-refractivity contribution in [1.29, 1.82) is 0 Å². The van der Waals surface area contributed by atoms with Crippen molar-refractivity contribution in [2.24, 2.45) is 0 Å². The van der Waals surface area contributed by atoms with Gasteiger partial charge in [0, 0.05) is 31.9 Å². The monoisotopic (exact) mass is 473 g/mol. The van der Waals surface area contributed by atoms with Gasteiger partial charge >= 0.3 is 0 Å². The van der Waals surface area contributed by atoms with Crippen LogP contribution in [0.5, 0.6) is 0 Å². The van der Waals surface area contributed by atoms with Gasteiger partial charge in [0.2, 0.25) is 15.9 Å². The molecule has 1 saturated heterocycles. The van der Waals surface area contributed by atoms with Gasteiger partial charge in [-0.1, -0.05) is 38.1 Å². The van der Waals surface area contributed by atoms with Gasteiger partial charge in [-0.25, -0.2) is 8.42 Å². The molecule has 0 bridgehead atoms. The first-order valence-electron chi connectivity index (χ1n) is 10.6. The largest absolute Gasteiger partial charge is 0.324 e. The number of nitrogens with one attached hydrogen (secondary N) is 1. The minimum Gasteiger partial charge on any atom is -0.324 e. The number of benzene rings is 2. The van der Waals surface area contributed by atoms with E-state index in [2.05, 4.69) is 27.9 Å². The van der Waals surface area contributed by atoms with Crippen molar-refractivity contribution in [3.05, 3.63) is 48.0 Å². The fourth-order valence-electron chi connectivity index (χ4n) is 3.98. The van der Waals surface area contributed by atoms with Gasteiger partial charge < -0.3 is 5.32 Å². The highest BCUT2D eigenvalue weighted by Crippen LogP contribution is 2.26. The van der Waals surface area contributed by atoms with Crippen LogP contribution < -0.4 is 5.32 Å². The van der Waals surface area contributed by atoms with E-state index in [0.717, 1.165) is 23.0 Å². The Morgan fingerprint density at radius 2 is 1.72 bits per heavy atom. The molecule has 1 amide bonds. The van der Waals surface area contributed by atoms with Crippen molar-refractivity contribution in [1.82, 2.24) is 18.0 Å². The SMILES string of the molecule is CC(C)c1ccccc1NC(=O)C(C)N1CCN(S(=O)(=O)c2cccc3nsnc23)CC1. The third-order valence-corrected chi connectivity index (χ3v) is 8.38. The Balaban J connectivity index is 1.42. The standard InChI is InChI=1S/C22H27N5O3S2/c1-15(2)17-7-4-5-8-18(17)23-22(28)16(3)26-11-13-27(14-12-26)32(29,30)20-10-6-9-19-21(20)25-31-24-19/h4-10,15-16H,11-14H2,1-3H3,(H,23,28). The molecule has 1 aliphatic rings. The zero-order chi connectivity index (χ0) is 22.9. The molecule has 32 heavy (non-hydrogen) atoms. The lowest BCUT2D eigenvalue weighted by molar-refractivity contribution is -0.121. The van der Waals surface area contributed by atoms with Gasteiger partial charge in [0.25, 0.3) is 0 Å². The van der Waals surface area contributed by atoms with E-state index in [4.69, 9.17) is 0 Å². The molecule has 0 radical (unpaired) electrons. The average molecular weight is 474 g/mol. The number of sulfonamides is 1. The molecule has 4 rings (SSSR count). The normalized spacial score (nSPS) is 17.0. The van der Waals surface area contributed by atoms with Gasteiger partial charge in [-0.2, -0.15) is 13.1 Å². The van der Waals surface area contributed by atoms with Gasteiger partial charge in [0.15, 0.2) is 0 Å². The number of hydrogen-bond donors (Lipinski definition) is 1. The minimum atomic E-state index is -3.68. The Morgan fingerprint density at radius 3 is 2.44 bits per heavy atom. The maximum atomic E-state index is 13.2. The summed E-state index contributed by atoms with van der Waals surface area (Å²) in [5.41, 5.74) is 2.92. The second-order valence-corrected chi connectivity index (χ2v) is 10.7. The van der Waals surface area contributed by atoms with E-state index in [1.54, 1.807) is 18.2 Å². The first-order valence-corrected chi connectivity index (χ1v) is 12.8. The molecule has 2 heterocycles. The van der Waals surface area contributed by atoms with E-state index in [0.29, 0.717) is 43.1 Å². The second-order valence-electron chi connectivity index (χ2n) is 8.24. The summed E-state index contributed by atoms with van der Waals surface area (Å²) in [6.07, 6.45) is 0. The Labute approximate surface area is 192 Å². The lowest BCUT2D eigenvalue weighted by Crippen LogP contribution is -2.54. The molecule has 1 N–H and O–H groups in total. The van der Waals surface area contributed by atoms with Gasteiger partial charge in [0.1, 0.15) is 15.9 Å². The van der Waals surface area contributed by atoms with Crippen LogP contribution in [0.4, 0.5) is 5.69 Å². The summed E-state index contributed by atoms with van der Waals surface area (Å²) < 4.78 is 36.2. The predicted molar refractivity (Wildman–Crippen MR) is 126 cm³/mol. The Bertz CT molecular complexity index is 1220. The van der Waals surface area contributed by atoms with Gasteiger partial charge in [-0.15, -0.1) is 0 Å². The molecule has 1 aliphatic heterocycles. The number of aromatic nitrogens is 2. The number of carbonyl (C=O) groups is 1. The molecule has 0 spiro atoms. The van der Waals surface area contributed by atoms with Gasteiger partial charge in [-0.3, -0.25) is 9.69 Å².